The SMILES string of the molecule is Cc1cncc(-c2cccc(OCCN=[N+]=[N-])c2)c1. The maximum absolute atomic E-state index is 8.18. The Balaban J connectivity index is 2.12. The van der Waals surface area contributed by atoms with Crippen LogP contribution in [0.1, 0.15) is 5.56 Å². The number of ether oxygens (including phenoxy) is 1. The molecule has 96 valence electrons. The van der Waals surface area contributed by atoms with Gasteiger partial charge in [-0.25, -0.2) is 0 Å². The first-order valence-corrected chi connectivity index (χ1v) is 5.95. The van der Waals surface area contributed by atoms with Gasteiger partial charge in [0.1, 0.15) is 5.75 Å². The molecule has 2 aromatic rings. The van der Waals surface area contributed by atoms with E-state index in [-0.39, 0.29) is 0 Å². The Morgan fingerprint density at radius 3 is 2.95 bits per heavy atom. The van der Waals surface area contributed by atoms with E-state index in [0.29, 0.717) is 13.2 Å². The van der Waals surface area contributed by atoms with Gasteiger partial charge in [0.25, 0.3) is 0 Å². The Hall–Kier alpha value is -2.52. The second-order valence-electron chi connectivity index (χ2n) is 4.08. The van der Waals surface area contributed by atoms with Crippen LogP contribution in [0.2, 0.25) is 0 Å². The molecule has 0 aliphatic rings. The lowest BCUT2D eigenvalue weighted by Gasteiger charge is -2.07. The molecule has 0 saturated carbocycles. The molecule has 1 aromatic carbocycles. The van der Waals surface area contributed by atoms with Gasteiger partial charge in [-0.3, -0.25) is 4.98 Å². The minimum atomic E-state index is 0.326. The third-order valence-corrected chi connectivity index (χ3v) is 2.57. The monoisotopic (exact) mass is 254 g/mol. The van der Waals surface area contributed by atoms with E-state index < -0.39 is 0 Å². The van der Waals surface area contributed by atoms with E-state index in [4.69, 9.17) is 10.3 Å². The largest absolute Gasteiger partial charge is 0.493 e. The lowest BCUT2D eigenvalue weighted by molar-refractivity contribution is 0.328. The van der Waals surface area contributed by atoms with Gasteiger partial charge < -0.3 is 4.74 Å². The van der Waals surface area contributed by atoms with Gasteiger partial charge in [0.2, 0.25) is 0 Å². The fourth-order valence-corrected chi connectivity index (χ4v) is 1.73. The van der Waals surface area contributed by atoms with Crippen LogP contribution >= 0.6 is 0 Å². The van der Waals surface area contributed by atoms with Crippen LogP contribution in [-0.2, 0) is 0 Å². The van der Waals surface area contributed by atoms with E-state index in [0.717, 1.165) is 22.4 Å². The minimum absolute atomic E-state index is 0.326. The second kappa shape index (κ2) is 6.42. The van der Waals surface area contributed by atoms with Gasteiger partial charge in [-0.15, -0.1) is 0 Å². The molecule has 0 radical (unpaired) electrons. The summed E-state index contributed by atoms with van der Waals surface area (Å²) in [5.74, 6) is 0.757. The quantitative estimate of drug-likeness (QED) is 0.353. The standard InChI is InChI=1S/C14H14N4O/c1-11-7-13(10-16-9-11)12-3-2-4-14(8-12)19-6-5-17-18-15/h2-4,7-10H,5-6H2,1H3. The molecule has 5 heteroatoms. The van der Waals surface area contributed by atoms with Gasteiger partial charge >= 0.3 is 0 Å². The zero-order chi connectivity index (χ0) is 13.5. The molecule has 2 rings (SSSR count). The van der Waals surface area contributed by atoms with Crippen molar-refractivity contribution >= 4 is 0 Å². The van der Waals surface area contributed by atoms with Gasteiger partial charge in [-0.05, 0) is 41.8 Å². The van der Waals surface area contributed by atoms with E-state index >= 15 is 0 Å². The lowest BCUT2D eigenvalue weighted by atomic mass is 10.1. The molecule has 0 aliphatic heterocycles. The molecular weight excluding hydrogens is 240 g/mol. The molecule has 0 fully saturated rings. The number of nitrogens with zero attached hydrogens (tertiary/aromatic N) is 4. The summed E-state index contributed by atoms with van der Waals surface area (Å²) in [5, 5.41) is 3.42. The molecule has 0 spiro atoms. The van der Waals surface area contributed by atoms with Crippen molar-refractivity contribution in [1.82, 2.24) is 4.98 Å². The predicted molar refractivity (Wildman–Crippen MR) is 73.9 cm³/mol. The molecular formula is C14H14N4O. The highest BCUT2D eigenvalue weighted by Crippen LogP contribution is 2.23. The van der Waals surface area contributed by atoms with Crippen LogP contribution in [-0.4, -0.2) is 18.1 Å². The number of pyridine rings is 1. The van der Waals surface area contributed by atoms with E-state index in [2.05, 4.69) is 21.1 Å². The van der Waals surface area contributed by atoms with Crippen LogP contribution in [0, 0.1) is 6.92 Å². The van der Waals surface area contributed by atoms with E-state index in [1.807, 2.05) is 43.6 Å². The smallest absolute Gasteiger partial charge is 0.119 e. The average Bonchev–Trinajstić information content (AvgIpc) is 2.44. The molecule has 0 bridgehead atoms. The van der Waals surface area contributed by atoms with Crippen LogP contribution < -0.4 is 4.74 Å². The van der Waals surface area contributed by atoms with Crippen molar-refractivity contribution in [2.45, 2.75) is 6.92 Å². The second-order valence-corrected chi connectivity index (χ2v) is 4.08. The van der Waals surface area contributed by atoms with Gasteiger partial charge in [-0.1, -0.05) is 17.2 Å². The van der Waals surface area contributed by atoms with Gasteiger partial charge in [0.05, 0.1) is 13.2 Å². The molecule has 5 nitrogen and oxygen atoms in total. The van der Waals surface area contributed by atoms with Crippen molar-refractivity contribution < 1.29 is 4.74 Å². The third-order valence-electron chi connectivity index (χ3n) is 2.57. The van der Waals surface area contributed by atoms with Crippen molar-refractivity contribution in [3.63, 3.8) is 0 Å². The van der Waals surface area contributed by atoms with E-state index in [9.17, 15) is 0 Å². The maximum atomic E-state index is 8.18. The van der Waals surface area contributed by atoms with Gasteiger partial charge in [0.15, 0.2) is 0 Å². The van der Waals surface area contributed by atoms with Gasteiger partial charge in [-0.2, -0.15) is 0 Å². The first kappa shape index (κ1) is 12.9. The number of aromatic nitrogens is 1. The summed E-state index contributed by atoms with van der Waals surface area (Å²) >= 11 is 0. The molecule has 0 amide bonds. The number of aryl methyl sites for hydroxylation is 1. The molecule has 0 N–H and O–H groups in total. The van der Waals surface area contributed by atoms with Crippen LogP contribution in [0.4, 0.5) is 0 Å². The molecule has 0 unspecified atom stereocenters. The first-order valence-electron chi connectivity index (χ1n) is 5.95. The summed E-state index contributed by atoms with van der Waals surface area (Å²) in [6.45, 7) is 2.71. The van der Waals surface area contributed by atoms with Crippen molar-refractivity contribution in [3.05, 3.63) is 58.7 Å². The van der Waals surface area contributed by atoms with Crippen LogP contribution in [0.3, 0.4) is 0 Å². The first-order chi connectivity index (χ1) is 9.29. The highest BCUT2D eigenvalue weighted by molar-refractivity contribution is 5.64. The van der Waals surface area contributed by atoms with Crippen molar-refractivity contribution in [3.8, 4) is 16.9 Å². The summed E-state index contributed by atoms with van der Waals surface area (Å²) in [5.41, 5.74) is 11.4. The van der Waals surface area contributed by atoms with E-state index in [1.165, 1.54) is 0 Å². The summed E-state index contributed by atoms with van der Waals surface area (Å²) in [6.07, 6.45) is 3.65. The fraction of sp³-hybridized carbons (Fsp3) is 0.214. The Bertz CT molecular complexity index is 606. The fourth-order valence-electron chi connectivity index (χ4n) is 1.73. The number of rotatable bonds is 5. The third kappa shape index (κ3) is 3.72. The highest BCUT2D eigenvalue weighted by atomic mass is 16.5. The number of hydrogen-bond donors (Lipinski definition) is 0. The molecule has 0 saturated heterocycles. The zero-order valence-corrected chi connectivity index (χ0v) is 10.7. The molecule has 0 aliphatic carbocycles. The van der Waals surface area contributed by atoms with Crippen molar-refractivity contribution in [2.75, 3.05) is 13.2 Å². The Morgan fingerprint density at radius 2 is 2.16 bits per heavy atom. The predicted octanol–water partition coefficient (Wildman–Crippen LogP) is 3.75. The summed E-state index contributed by atoms with van der Waals surface area (Å²) in [4.78, 5) is 6.86. The summed E-state index contributed by atoms with van der Waals surface area (Å²) < 4.78 is 5.52. The average molecular weight is 254 g/mol. The molecule has 0 atom stereocenters. The van der Waals surface area contributed by atoms with Crippen LogP contribution in [0.25, 0.3) is 21.6 Å². The van der Waals surface area contributed by atoms with Crippen molar-refractivity contribution in [1.29, 1.82) is 0 Å². The molecule has 1 heterocycles. The number of benzene rings is 1. The van der Waals surface area contributed by atoms with Crippen LogP contribution in [0.15, 0.2) is 47.8 Å². The minimum Gasteiger partial charge on any atom is -0.493 e. The highest BCUT2D eigenvalue weighted by Gasteiger charge is 2.00. The van der Waals surface area contributed by atoms with Gasteiger partial charge in [0, 0.05) is 22.9 Å². The number of hydrogen-bond acceptors (Lipinski definition) is 3. The maximum Gasteiger partial charge on any atom is 0.119 e. The van der Waals surface area contributed by atoms with Crippen LogP contribution in [0.5, 0.6) is 5.75 Å². The molecule has 1 aromatic heterocycles. The topological polar surface area (TPSA) is 70.9 Å². The van der Waals surface area contributed by atoms with E-state index in [1.54, 1.807) is 0 Å². The Labute approximate surface area is 111 Å². The van der Waals surface area contributed by atoms with Crippen molar-refractivity contribution in [2.24, 2.45) is 5.11 Å². The normalized spacial score (nSPS) is 9.74. The number of azide groups is 1. The zero-order valence-electron chi connectivity index (χ0n) is 10.7. The summed E-state index contributed by atoms with van der Waals surface area (Å²) in [6, 6.07) is 9.85. The Morgan fingerprint density at radius 1 is 1.26 bits per heavy atom. The summed E-state index contributed by atoms with van der Waals surface area (Å²) in [7, 11) is 0. The Kier molecular flexibility index (Phi) is 4.37. The lowest BCUT2D eigenvalue weighted by Crippen LogP contribution is -2.00. The molecule has 19 heavy (non-hydrogen) atoms.